The van der Waals surface area contributed by atoms with E-state index >= 15 is 0 Å². The number of aryl methyl sites for hydroxylation is 2. The number of aromatic nitrogens is 1. The first-order valence-corrected chi connectivity index (χ1v) is 8.02. The van der Waals surface area contributed by atoms with Crippen LogP contribution in [-0.4, -0.2) is 4.57 Å². The zero-order valence-corrected chi connectivity index (χ0v) is 12.5. The summed E-state index contributed by atoms with van der Waals surface area (Å²) in [5.41, 5.74) is 1.51. The van der Waals surface area contributed by atoms with Crippen LogP contribution in [0.4, 0.5) is 0 Å². The molecule has 0 aromatic carbocycles. The molecule has 0 saturated carbocycles. The second-order valence-electron chi connectivity index (χ2n) is 5.42. The fourth-order valence-electron chi connectivity index (χ4n) is 2.57. The number of unbranched alkanes of at least 4 members (excludes halogenated alkanes) is 7. The number of hydrogen-bond acceptors (Lipinski definition) is 0. The molecular formula is C17H31N. The van der Waals surface area contributed by atoms with Gasteiger partial charge < -0.3 is 4.57 Å². The van der Waals surface area contributed by atoms with Crippen molar-refractivity contribution < 1.29 is 0 Å². The van der Waals surface area contributed by atoms with Crippen molar-refractivity contribution in [2.45, 2.75) is 84.6 Å². The SMILES string of the molecule is CCCCCCCCCCn1cccc1CCC. The summed E-state index contributed by atoms with van der Waals surface area (Å²) in [7, 11) is 0. The molecular weight excluding hydrogens is 218 g/mol. The smallest absolute Gasteiger partial charge is 0.0222 e. The van der Waals surface area contributed by atoms with Gasteiger partial charge in [-0.2, -0.15) is 0 Å². The van der Waals surface area contributed by atoms with Gasteiger partial charge in [0.25, 0.3) is 0 Å². The molecule has 0 aliphatic rings. The van der Waals surface area contributed by atoms with E-state index in [1.165, 1.54) is 76.4 Å². The van der Waals surface area contributed by atoms with Crippen LogP contribution in [-0.2, 0) is 13.0 Å². The van der Waals surface area contributed by atoms with Gasteiger partial charge in [-0.3, -0.25) is 0 Å². The van der Waals surface area contributed by atoms with Crippen LogP contribution in [0.15, 0.2) is 18.3 Å². The average Bonchev–Trinajstić information content (AvgIpc) is 2.81. The standard InChI is InChI=1S/C17H31N/c1-3-5-6-7-8-9-10-11-15-18-16-12-14-17(18)13-4-2/h12,14,16H,3-11,13,15H2,1-2H3. The molecule has 0 spiro atoms. The van der Waals surface area contributed by atoms with Gasteiger partial charge in [0.05, 0.1) is 0 Å². The average molecular weight is 249 g/mol. The highest BCUT2D eigenvalue weighted by molar-refractivity contribution is 5.07. The predicted octanol–water partition coefficient (Wildman–Crippen LogP) is 5.58. The quantitative estimate of drug-likeness (QED) is 0.451. The maximum atomic E-state index is 2.45. The molecule has 0 amide bonds. The van der Waals surface area contributed by atoms with Crippen LogP contribution >= 0.6 is 0 Å². The minimum absolute atomic E-state index is 1.22. The Hall–Kier alpha value is -0.720. The van der Waals surface area contributed by atoms with E-state index in [1.54, 1.807) is 0 Å². The molecule has 1 heterocycles. The van der Waals surface area contributed by atoms with Crippen LogP contribution in [0.25, 0.3) is 0 Å². The summed E-state index contributed by atoms with van der Waals surface area (Å²) in [5, 5.41) is 0. The molecule has 0 atom stereocenters. The first-order chi connectivity index (χ1) is 8.88. The van der Waals surface area contributed by atoms with Crippen molar-refractivity contribution in [2.75, 3.05) is 0 Å². The van der Waals surface area contributed by atoms with E-state index in [0.29, 0.717) is 0 Å². The van der Waals surface area contributed by atoms with Gasteiger partial charge in [0.1, 0.15) is 0 Å². The molecule has 104 valence electrons. The van der Waals surface area contributed by atoms with Crippen LogP contribution in [0.1, 0.15) is 77.3 Å². The molecule has 0 N–H and O–H groups in total. The normalized spacial score (nSPS) is 11.0. The highest BCUT2D eigenvalue weighted by Gasteiger charge is 1.99. The maximum absolute atomic E-state index is 2.45. The van der Waals surface area contributed by atoms with Gasteiger partial charge in [-0.15, -0.1) is 0 Å². The van der Waals surface area contributed by atoms with Gasteiger partial charge >= 0.3 is 0 Å². The molecule has 1 aromatic heterocycles. The fraction of sp³-hybridized carbons (Fsp3) is 0.765. The minimum atomic E-state index is 1.22. The molecule has 1 aromatic rings. The molecule has 0 aliphatic carbocycles. The molecule has 18 heavy (non-hydrogen) atoms. The summed E-state index contributed by atoms with van der Waals surface area (Å²) < 4.78 is 2.45. The lowest BCUT2D eigenvalue weighted by Crippen LogP contribution is -2.01. The predicted molar refractivity (Wildman–Crippen MR) is 81.0 cm³/mol. The van der Waals surface area contributed by atoms with Gasteiger partial charge in [-0.05, 0) is 25.0 Å². The van der Waals surface area contributed by atoms with Crippen LogP contribution in [0.2, 0.25) is 0 Å². The van der Waals surface area contributed by atoms with Crippen molar-refractivity contribution in [1.82, 2.24) is 4.57 Å². The highest BCUT2D eigenvalue weighted by Crippen LogP contribution is 2.11. The van der Waals surface area contributed by atoms with Gasteiger partial charge in [-0.1, -0.05) is 65.2 Å². The Labute approximate surface area is 114 Å². The Morgan fingerprint density at radius 2 is 1.50 bits per heavy atom. The zero-order chi connectivity index (χ0) is 13.1. The van der Waals surface area contributed by atoms with E-state index in [0.717, 1.165) is 0 Å². The van der Waals surface area contributed by atoms with Crippen molar-refractivity contribution >= 4 is 0 Å². The van der Waals surface area contributed by atoms with E-state index in [-0.39, 0.29) is 0 Å². The summed E-state index contributed by atoms with van der Waals surface area (Å²) in [4.78, 5) is 0. The van der Waals surface area contributed by atoms with Gasteiger partial charge in [0.15, 0.2) is 0 Å². The second-order valence-corrected chi connectivity index (χ2v) is 5.42. The van der Waals surface area contributed by atoms with Crippen molar-refractivity contribution in [1.29, 1.82) is 0 Å². The number of hydrogen-bond donors (Lipinski definition) is 0. The van der Waals surface area contributed by atoms with Crippen molar-refractivity contribution in [3.05, 3.63) is 24.0 Å². The lowest BCUT2D eigenvalue weighted by molar-refractivity contribution is 0.536. The van der Waals surface area contributed by atoms with E-state index in [4.69, 9.17) is 0 Å². The Bertz CT molecular complexity index is 288. The third-order valence-corrected chi connectivity index (χ3v) is 3.68. The first-order valence-electron chi connectivity index (χ1n) is 8.02. The Morgan fingerprint density at radius 1 is 0.833 bits per heavy atom. The number of nitrogens with zero attached hydrogens (tertiary/aromatic N) is 1. The number of rotatable bonds is 11. The van der Waals surface area contributed by atoms with Crippen molar-refractivity contribution in [3.63, 3.8) is 0 Å². The molecule has 0 bridgehead atoms. The summed E-state index contributed by atoms with van der Waals surface area (Å²) in [6.45, 7) is 5.76. The molecule has 0 radical (unpaired) electrons. The summed E-state index contributed by atoms with van der Waals surface area (Å²) in [6.07, 6.45) is 16.0. The van der Waals surface area contributed by atoms with Gasteiger partial charge in [0, 0.05) is 18.4 Å². The highest BCUT2D eigenvalue weighted by atomic mass is 15.0. The van der Waals surface area contributed by atoms with E-state index in [9.17, 15) is 0 Å². The molecule has 1 nitrogen and oxygen atoms in total. The van der Waals surface area contributed by atoms with E-state index in [2.05, 4.69) is 36.7 Å². The summed E-state index contributed by atoms with van der Waals surface area (Å²) in [6, 6.07) is 4.46. The third-order valence-electron chi connectivity index (χ3n) is 3.68. The topological polar surface area (TPSA) is 4.93 Å². The zero-order valence-electron chi connectivity index (χ0n) is 12.5. The van der Waals surface area contributed by atoms with Crippen molar-refractivity contribution in [2.24, 2.45) is 0 Å². The molecule has 0 unspecified atom stereocenters. The monoisotopic (exact) mass is 249 g/mol. The van der Waals surface area contributed by atoms with E-state index in [1.807, 2.05) is 0 Å². The summed E-state index contributed by atoms with van der Waals surface area (Å²) >= 11 is 0. The molecule has 0 aliphatic heterocycles. The Balaban J connectivity index is 2.01. The molecule has 1 rings (SSSR count). The summed E-state index contributed by atoms with van der Waals surface area (Å²) in [5.74, 6) is 0. The third kappa shape index (κ3) is 6.28. The Morgan fingerprint density at radius 3 is 2.17 bits per heavy atom. The van der Waals surface area contributed by atoms with E-state index < -0.39 is 0 Å². The first kappa shape index (κ1) is 15.3. The van der Waals surface area contributed by atoms with Crippen molar-refractivity contribution in [3.8, 4) is 0 Å². The molecule has 1 heteroatoms. The molecule has 0 fully saturated rings. The van der Waals surface area contributed by atoms with Gasteiger partial charge in [-0.25, -0.2) is 0 Å². The van der Waals surface area contributed by atoms with Crippen LogP contribution < -0.4 is 0 Å². The largest absolute Gasteiger partial charge is 0.351 e. The van der Waals surface area contributed by atoms with Crippen LogP contribution in [0.5, 0.6) is 0 Å². The Kier molecular flexibility index (Phi) is 8.71. The minimum Gasteiger partial charge on any atom is -0.351 e. The molecule has 0 saturated heterocycles. The fourth-order valence-corrected chi connectivity index (χ4v) is 2.57. The van der Waals surface area contributed by atoms with Crippen LogP contribution in [0, 0.1) is 0 Å². The maximum Gasteiger partial charge on any atom is 0.0222 e. The second kappa shape index (κ2) is 10.2. The van der Waals surface area contributed by atoms with Crippen LogP contribution in [0.3, 0.4) is 0 Å². The lowest BCUT2D eigenvalue weighted by atomic mass is 10.1. The lowest BCUT2D eigenvalue weighted by Gasteiger charge is -2.08. The van der Waals surface area contributed by atoms with Gasteiger partial charge in [0.2, 0.25) is 0 Å².